The minimum absolute atomic E-state index is 0.0741. The number of hydrogen-bond donors (Lipinski definition) is 0. The fraction of sp³-hybridized carbons (Fsp3) is 0.250. The summed E-state index contributed by atoms with van der Waals surface area (Å²) in [6.07, 6.45) is -2.83. The molecule has 0 aliphatic carbocycles. The van der Waals surface area contributed by atoms with Crippen LogP contribution in [-0.4, -0.2) is 19.6 Å². The number of fused-ring (bicyclic) bond motifs is 1. The first-order chi connectivity index (χ1) is 13.1. The Bertz CT molecular complexity index is 1150. The molecule has 28 heavy (non-hydrogen) atoms. The van der Waals surface area contributed by atoms with Crippen LogP contribution < -0.4 is 0 Å². The monoisotopic (exact) mass is 402 g/mol. The van der Waals surface area contributed by atoms with E-state index in [1.807, 2.05) is 5.38 Å². The number of thiazole rings is 1. The summed E-state index contributed by atoms with van der Waals surface area (Å²) in [7, 11) is 0. The van der Waals surface area contributed by atoms with Crippen LogP contribution >= 0.6 is 11.3 Å². The summed E-state index contributed by atoms with van der Waals surface area (Å²) in [6.45, 7) is 6.26. The van der Waals surface area contributed by atoms with E-state index in [1.54, 1.807) is 28.9 Å². The SMILES string of the molecule is CC(C)(C)c1csc(-c2cc3nccc(-c4cccc(C(F)(F)F)c4)n3n2)n1. The predicted octanol–water partition coefficient (Wildman–Crippen LogP) is 5.84. The van der Waals surface area contributed by atoms with E-state index >= 15 is 0 Å². The highest BCUT2D eigenvalue weighted by Gasteiger charge is 2.30. The molecule has 0 saturated carbocycles. The summed E-state index contributed by atoms with van der Waals surface area (Å²) < 4.78 is 40.8. The fourth-order valence-electron chi connectivity index (χ4n) is 2.81. The van der Waals surface area contributed by atoms with Crippen LogP contribution in [0.3, 0.4) is 0 Å². The van der Waals surface area contributed by atoms with E-state index < -0.39 is 11.7 Å². The normalized spacial score (nSPS) is 12.6. The van der Waals surface area contributed by atoms with Crippen molar-refractivity contribution in [2.75, 3.05) is 0 Å². The summed E-state index contributed by atoms with van der Waals surface area (Å²) in [5, 5.41) is 7.32. The molecule has 0 fully saturated rings. The molecule has 0 spiro atoms. The van der Waals surface area contributed by atoms with Crippen LogP contribution in [-0.2, 0) is 11.6 Å². The number of alkyl halides is 3. The lowest BCUT2D eigenvalue weighted by Gasteiger charge is -2.13. The van der Waals surface area contributed by atoms with Crippen LogP contribution in [0.2, 0.25) is 0 Å². The molecule has 0 amide bonds. The number of hydrogen-bond acceptors (Lipinski definition) is 4. The first-order valence-corrected chi connectivity index (χ1v) is 9.50. The smallest absolute Gasteiger partial charge is 0.239 e. The van der Waals surface area contributed by atoms with E-state index in [2.05, 4.69) is 35.8 Å². The van der Waals surface area contributed by atoms with Crippen LogP contribution in [0.5, 0.6) is 0 Å². The summed E-state index contributed by atoms with van der Waals surface area (Å²) in [6, 6.07) is 8.65. The van der Waals surface area contributed by atoms with Crippen molar-refractivity contribution in [1.82, 2.24) is 19.6 Å². The second kappa shape index (κ2) is 6.41. The molecule has 0 bridgehead atoms. The van der Waals surface area contributed by atoms with Crippen LogP contribution in [0, 0.1) is 0 Å². The zero-order chi connectivity index (χ0) is 20.1. The van der Waals surface area contributed by atoms with Gasteiger partial charge in [0.1, 0.15) is 10.7 Å². The molecule has 3 aromatic heterocycles. The second-order valence-corrected chi connectivity index (χ2v) is 8.35. The van der Waals surface area contributed by atoms with Crippen LogP contribution in [0.1, 0.15) is 32.0 Å². The minimum Gasteiger partial charge on any atom is -0.239 e. The van der Waals surface area contributed by atoms with Gasteiger partial charge in [0.05, 0.1) is 17.0 Å². The molecule has 0 atom stereocenters. The standard InChI is InChI=1S/C20H17F3N4S/c1-19(2,3)16-11-28-18(25-16)14-10-17-24-8-7-15(27(17)26-14)12-5-4-6-13(9-12)20(21,22)23/h4-11H,1-3H3. The Balaban J connectivity index is 1.81. The van der Waals surface area contributed by atoms with E-state index in [1.165, 1.54) is 17.4 Å². The molecule has 8 heteroatoms. The molecular formula is C20H17F3N4S. The Hall–Kier alpha value is -2.74. The lowest BCUT2D eigenvalue weighted by Crippen LogP contribution is -2.11. The highest BCUT2D eigenvalue weighted by atomic mass is 32.1. The molecule has 4 aromatic rings. The van der Waals surface area contributed by atoms with Crippen LogP contribution in [0.15, 0.2) is 48.0 Å². The maximum atomic E-state index is 13.1. The highest BCUT2D eigenvalue weighted by Crippen LogP contribution is 2.33. The topological polar surface area (TPSA) is 43.1 Å². The van der Waals surface area contributed by atoms with Gasteiger partial charge in [-0.1, -0.05) is 32.9 Å². The van der Waals surface area contributed by atoms with Crippen LogP contribution in [0.4, 0.5) is 13.2 Å². The highest BCUT2D eigenvalue weighted by molar-refractivity contribution is 7.13. The third-order valence-corrected chi connectivity index (χ3v) is 5.20. The summed E-state index contributed by atoms with van der Waals surface area (Å²) >= 11 is 1.49. The van der Waals surface area contributed by atoms with Crippen molar-refractivity contribution in [3.05, 3.63) is 59.2 Å². The van der Waals surface area contributed by atoms with E-state index in [4.69, 9.17) is 0 Å². The van der Waals surface area contributed by atoms with Gasteiger partial charge in [-0.05, 0) is 18.2 Å². The first-order valence-electron chi connectivity index (χ1n) is 8.62. The number of halogens is 3. The molecule has 0 N–H and O–H groups in total. The van der Waals surface area contributed by atoms with Gasteiger partial charge >= 0.3 is 6.18 Å². The van der Waals surface area contributed by atoms with E-state index in [0.29, 0.717) is 22.6 Å². The van der Waals surface area contributed by atoms with Gasteiger partial charge in [-0.15, -0.1) is 11.3 Å². The van der Waals surface area contributed by atoms with E-state index in [-0.39, 0.29) is 5.41 Å². The Morgan fingerprint density at radius 3 is 2.50 bits per heavy atom. The molecule has 0 saturated heterocycles. The van der Waals surface area contributed by atoms with Gasteiger partial charge in [0.25, 0.3) is 0 Å². The molecular weight excluding hydrogens is 385 g/mol. The van der Waals surface area contributed by atoms with Crippen molar-refractivity contribution < 1.29 is 13.2 Å². The molecule has 4 nitrogen and oxygen atoms in total. The minimum atomic E-state index is -4.40. The number of nitrogens with zero attached hydrogens (tertiary/aromatic N) is 4. The first kappa shape index (κ1) is 18.6. The number of benzene rings is 1. The number of rotatable bonds is 2. The van der Waals surface area contributed by atoms with Crippen molar-refractivity contribution >= 4 is 17.0 Å². The largest absolute Gasteiger partial charge is 0.416 e. The van der Waals surface area contributed by atoms with Gasteiger partial charge in [0, 0.05) is 28.6 Å². The van der Waals surface area contributed by atoms with Crippen molar-refractivity contribution in [2.45, 2.75) is 32.4 Å². The molecule has 0 aliphatic rings. The van der Waals surface area contributed by atoms with E-state index in [0.717, 1.165) is 22.8 Å². The van der Waals surface area contributed by atoms with E-state index in [9.17, 15) is 13.2 Å². The van der Waals surface area contributed by atoms with Crippen molar-refractivity contribution in [1.29, 1.82) is 0 Å². The number of aromatic nitrogens is 4. The maximum absolute atomic E-state index is 13.1. The Morgan fingerprint density at radius 2 is 1.82 bits per heavy atom. The zero-order valence-corrected chi connectivity index (χ0v) is 16.3. The maximum Gasteiger partial charge on any atom is 0.416 e. The molecule has 3 heterocycles. The summed E-state index contributed by atoms with van der Waals surface area (Å²) in [4.78, 5) is 8.96. The van der Waals surface area contributed by atoms with Gasteiger partial charge in [-0.25, -0.2) is 14.5 Å². The Morgan fingerprint density at radius 1 is 1.04 bits per heavy atom. The molecule has 0 radical (unpaired) electrons. The average molecular weight is 402 g/mol. The summed E-state index contributed by atoms with van der Waals surface area (Å²) in [5.74, 6) is 0. The molecule has 0 aliphatic heterocycles. The lowest BCUT2D eigenvalue weighted by atomic mass is 9.93. The van der Waals surface area contributed by atoms with Gasteiger partial charge in [0.2, 0.25) is 0 Å². The third-order valence-electron chi connectivity index (χ3n) is 4.34. The van der Waals surface area contributed by atoms with Crippen molar-refractivity contribution in [3.8, 4) is 22.0 Å². The second-order valence-electron chi connectivity index (χ2n) is 7.50. The fourth-order valence-corrected chi connectivity index (χ4v) is 3.81. The molecule has 0 unspecified atom stereocenters. The van der Waals surface area contributed by atoms with Crippen molar-refractivity contribution in [3.63, 3.8) is 0 Å². The molecule has 1 aromatic carbocycles. The Kier molecular flexibility index (Phi) is 4.26. The Labute approximate surface area is 163 Å². The predicted molar refractivity (Wildman–Crippen MR) is 103 cm³/mol. The lowest BCUT2D eigenvalue weighted by molar-refractivity contribution is -0.137. The van der Waals surface area contributed by atoms with Gasteiger partial charge in [-0.3, -0.25) is 0 Å². The third kappa shape index (κ3) is 3.40. The molecule has 4 rings (SSSR count). The zero-order valence-electron chi connectivity index (χ0n) is 15.4. The van der Waals surface area contributed by atoms with Gasteiger partial charge in [-0.2, -0.15) is 18.3 Å². The van der Waals surface area contributed by atoms with Gasteiger partial charge in [0.15, 0.2) is 5.65 Å². The average Bonchev–Trinajstić information content (AvgIpc) is 3.27. The van der Waals surface area contributed by atoms with Crippen LogP contribution in [0.25, 0.3) is 27.6 Å². The summed E-state index contributed by atoms with van der Waals surface area (Å²) in [5.41, 5.74) is 2.36. The quantitative estimate of drug-likeness (QED) is 0.423. The molecule has 144 valence electrons. The van der Waals surface area contributed by atoms with Crippen molar-refractivity contribution in [2.24, 2.45) is 0 Å². The van der Waals surface area contributed by atoms with Gasteiger partial charge < -0.3 is 0 Å².